The molecule has 1 fully saturated rings. The van der Waals surface area contributed by atoms with E-state index in [2.05, 4.69) is 0 Å². The normalized spacial score (nSPS) is 18.1. The maximum absolute atomic E-state index is 13.0. The van der Waals surface area contributed by atoms with Gasteiger partial charge in [0.2, 0.25) is 5.91 Å². The monoisotopic (exact) mass is 362 g/mol. The lowest BCUT2D eigenvalue weighted by atomic mass is 10.0. The fraction of sp³-hybridized carbons (Fsp3) is 0.263. The number of halogens is 3. The van der Waals surface area contributed by atoms with Crippen molar-refractivity contribution in [2.45, 2.75) is 18.8 Å². The summed E-state index contributed by atoms with van der Waals surface area (Å²) in [5.41, 5.74) is 1.25. The van der Waals surface area contributed by atoms with Crippen molar-refractivity contribution in [1.29, 1.82) is 0 Å². The highest BCUT2D eigenvalue weighted by atomic mass is 19.4. The molecule has 1 aliphatic rings. The first kappa shape index (κ1) is 18.0. The van der Waals surface area contributed by atoms with Crippen LogP contribution in [-0.4, -0.2) is 40.9 Å². The van der Waals surface area contributed by atoms with Crippen molar-refractivity contribution in [2.75, 3.05) is 13.1 Å². The van der Waals surface area contributed by atoms with Gasteiger partial charge in [-0.15, -0.1) is 0 Å². The molecule has 136 valence electrons. The van der Waals surface area contributed by atoms with E-state index in [4.69, 9.17) is 0 Å². The average molecular weight is 362 g/mol. The first-order valence-electron chi connectivity index (χ1n) is 8.13. The molecule has 0 radical (unpaired) electrons. The van der Waals surface area contributed by atoms with Crippen LogP contribution in [0.4, 0.5) is 13.2 Å². The molecule has 0 spiro atoms. The molecule has 0 aromatic heterocycles. The first-order chi connectivity index (χ1) is 12.4. The molecule has 0 aliphatic carbocycles. The van der Waals surface area contributed by atoms with E-state index in [1.807, 2.05) is 30.3 Å². The molecule has 1 heterocycles. The molecule has 1 atom stereocenters. The van der Waals surface area contributed by atoms with Crippen molar-refractivity contribution in [3.63, 3.8) is 0 Å². The SMILES string of the molecule is O=C1[C@@H](c2ccccc2)N(C(=O)C(F)(F)F)CCN1Cc1ccccc1. The van der Waals surface area contributed by atoms with Gasteiger partial charge in [0.05, 0.1) is 0 Å². The molecule has 2 aromatic rings. The second-order valence-electron chi connectivity index (χ2n) is 6.05. The standard InChI is InChI=1S/C19H17F3N2O2/c20-19(21,22)18(26)24-12-11-23(13-14-7-3-1-4-8-14)17(25)16(24)15-9-5-2-6-10-15/h1-10,16H,11-13H2/t16-/m1/s1. The second kappa shape index (κ2) is 7.19. The molecule has 2 amide bonds. The van der Waals surface area contributed by atoms with Gasteiger partial charge in [-0.1, -0.05) is 60.7 Å². The molecule has 26 heavy (non-hydrogen) atoms. The minimum atomic E-state index is -5.02. The third-order valence-corrected chi connectivity index (χ3v) is 4.30. The Labute approximate surface area is 148 Å². The van der Waals surface area contributed by atoms with Crippen LogP contribution in [0.25, 0.3) is 0 Å². The van der Waals surface area contributed by atoms with E-state index in [0.717, 1.165) is 5.56 Å². The van der Waals surface area contributed by atoms with Crippen LogP contribution in [0.15, 0.2) is 60.7 Å². The number of hydrogen-bond acceptors (Lipinski definition) is 2. The van der Waals surface area contributed by atoms with Crippen LogP contribution < -0.4 is 0 Å². The summed E-state index contributed by atoms with van der Waals surface area (Å²) in [5.74, 6) is -2.50. The molecule has 4 nitrogen and oxygen atoms in total. The summed E-state index contributed by atoms with van der Waals surface area (Å²) >= 11 is 0. The van der Waals surface area contributed by atoms with Gasteiger partial charge in [0.15, 0.2) is 0 Å². The smallest absolute Gasteiger partial charge is 0.334 e. The summed E-state index contributed by atoms with van der Waals surface area (Å²) in [4.78, 5) is 26.9. The number of piperazine rings is 1. The summed E-state index contributed by atoms with van der Waals surface area (Å²) in [5, 5.41) is 0. The van der Waals surface area contributed by atoms with E-state index < -0.39 is 24.0 Å². The largest absolute Gasteiger partial charge is 0.471 e. The summed E-state index contributed by atoms with van der Waals surface area (Å²) in [7, 11) is 0. The van der Waals surface area contributed by atoms with Crippen LogP contribution in [-0.2, 0) is 16.1 Å². The highest BCUT2D eigenvalue weighted by Gasteiger charge is 2.48. The summed E-state index contributed by atoms with van der Waals surface area (Å²) in [6.45, 7) is 0.173. The molecule has 3 rings (SSSR count). The Morgan fingerprint density at radius 3 is 2.12 bits per heavy atom. The van der Waals surface area contributed by atoms with Crippen molar-refractivity contribution >= 4 is 11.8 Å². The lowest BCUT2D eigenvalue weighted by Crippen LogP contribution is -2.56. The number of alkyl halides is 3. The van der Waals surface area contributed by atoms with E-state index >= 15 is 0 Å². The molecule has 0 bridgehead atoms. The van der Waals surface area contributed by atoms with E-state index in [9.17, 15) is 22.8 Å². The van der Waals surface area contributed by atoms with Crippen molar-refractivity contribution < 1.29 is 22.8 Å². The number of carbonyl (C=O) groups is 2. The molecular formula is C19H17F3N2O2. The number of rotatable bonds is 3. The van der Waals surface area contributed by atoms with Crippen LogP contribution in [0.1, 0.15) is 17.2 Å². The first-order valence-corrected chi connectivity index (χ1v) is 8.13. The molecule has 7 heteroatoms. The number of benzene rings is 2. The van der Waals surface area contributed by atoms with Crippen molar-refractivity contribution in [1.82, 2.24) is 9.80 Å². The Hall–Kier alpha value is -2.83. The maximum atomic E-state index is 13.0. The van der Waals surface area contributed by atoms with E-state index in [1.165, 1.54) is 4.90 Å². The summed E-state index contributed by atoms with van der Waals surface area (Å²) in [6, 6.07) is 16.0. The van der Waals surface area contributed by atoms with E-state index in [0.29, 0.717) is 10.5 Å². The van der Waals surface area contributed by atoms with Gasteiger partial charge in [-0.2, -0.15) is 13.2 Å². The Bertz CT molecular complexity index is 778. The summed E-state index contributed by atoms with van der Waals surface area (Å²) in [6.07, 6.45) is -5.02. The lowest BCUT2D eigenvalue weighted by Gasteiger charge is -2.41. The van der Waals surface area contributed by atoms with Gasteiger partial charge in [0.25, 0.3) is 0 Å². The molecule has 1 saturated heterocycles. The van der Waals surface area contributed by atoms with Gasteiger partial charge >= 0.3 is 12.1 Å². The Kier molecular flexibility index (Phi) is 4.97. The van der Waals surface area contributed by atoms with Gasteiger partial charge in [-0.05, 0) is 11.1 Å². The minimum absolute atomic E-state index is 0.0544. The molecule has 0 unspecified atom stereocenters. The molecule has 0 N–H and O–H groups in total. The fourth-order valence-corrected chi connectivity index (χ4v) is 3.07. The zero-order valence-corrected chi connectivity index (χ0v) is 13.8. The van der Waals surface area contributed by atoms with Crippen LogP contribution in [0, 0.1) is 0 Å². The van der Waals surface area contributed by atoms with E-state index in [-0.39, 0.29) is 19.6 Å². The number of amides is 2. The molecule has 1 aliphatic heterocycles. The van der Waals surface area contributed by atoms with Gasteiger partial charge in [-0.3, -0.25) is 9.59 Å². The van der Waals surface area contributed by atoms with Crippen LogP contribution in [0.3, 0.4) is 0 Å². The van der Waals surface area contributed by atoms with Crippen molar-refractivity contribution in [3.8, 4) is 0 Å². The zero-order valence-electron chi connectivity index (χ0n) is 13.8. The Morgan fingerprint density at radius 2 is 1.54 bits per heavy atom. The molecule has 0 saturated carbocycles. The van der Waals surface area contributed by atoms with Gasteiger partial charge in [-0.25, -0.2) is 0 Å². The number of nitrogens with zero attached hydrogens (tertiary/aromatic N) is 2. The Morgan fingerprint density at radius 1 is 0.962 bits per heavy atom. The molecular weight excluding hydrogens is 345 g/mol. The highest BCUT2D eigenvalue weighted by molar-refractivity contribution is 5.91. The Balaban J connectivity index is 1.91. The predicted molar refractivity (Wildman–Crippen MR) is 88.8 cm³/mol. The van der Waals surface area contributed by atoms with Gasteiger partial charge in [0.1, 0.15) is 6.04 Å². The maximum Gasteiger partial charge on any atom is 0.471 e. The van der Waals surface area contributed by atoms with Crippen LogP contribution in [0.5, 0.6) is 0 Å². The topological polar surface area (TPSA) is 40.6 Å². The minimum Gasteiger partial charge on any atom is -0.334 e. The average Bonchev–Trinajstić information content (AvgIpc) is 2.63. The van der Waals surface area contributed by atoms with Gasteiger partial charge < -0.3 is 9.80 Å². The third kappa shape index (κ3) is 3.71. The lowest BCUT2D eigenvalue weighted by molar-refractivity contribution is -0.192. The molecule has 2 aromatic carbocycles. The predicted octanol–water partition coefficient (Wildman–Crippen LogP) is 3.16. The number of hydrogen-bond donors (Lipinski definition) is 0. The fourth-order valence-electron chi connectivity index (χ4n) is 3.07. The van der Waals surface area contributed by atoms with E-state index in [1.54, 1.807) is 30.3 Å². The summed E-state index contributed by atoms with van der Waals surface area (Å²) < 4.78 is 38.9. The highest BCUT2D eigenvalue weighted by Crippen LogP contribution is 2.31. The quantitative estimate of drug-likeness (QED) is 0.842. The van der Waals surface area contributed by atoms with Crippen molar-refractivity contribution in [3.05, 3.63) is 71.8 Å². The zero-order chi connectivity index (χ0) is 18.7. The van der Waals surface area contributed by atoms with Crippen LogP contribution in [0.2, 0.25) is 0 Å². The van der Waals surface area contributed by atoms with Crippen LogP contribution >= 0.6 is 0 Å². The van der Waals surface area contributed by atoms with Gasteiger partial charge in [0, 0.05) is 19.6 Å². The number of carbonyl (C=O) groups excluding carboxylic acids is 2. The van der Waals surface area contributed by atoms with Crippen molar-refractivity contribution in [2.24, 2.45) is 0 Å². The second-order valence-corrected chi connectivity index (χ2v) is 6.05. The third-order valence-electron chi connectivity index (χ3n) is 4.30.